The minimum Gasteiger partial charge on any atom is -0.465 e. The fourth-order valence-corrected chi connectivity index (χ4v) is 2.54. The number of halogens is 2. The van der Waals surface area contributed by atoms with E-state index < -0.39 is 0 Å². The van der Waals surface area contributed by atoms with Gasteiger partial charge in [0.15, 0.2) is 0 Å². The van der Waals surface area contributed by atoms with Crippen LogP contribution in [0.5, 0.6) is 0 Å². The van der Waals surface area contributed by atoms with Gasteiger partial charge in [0.1, 0.15) is 11.6 Å². The molecule has 1 aromatic carbocycles. The number of thioether (sulfide) groups is 1. The molecule has 0 radical (unpaired) electrons. The SMILES string of the molecule is CCOC(=O)C(C)Sc1ncn(-c2ccc(Cl)c(Cl)c2)n1. The summed E-state index contributed by atoms with van der Waals surface area (Å²) in [7, 11) is 0. The van der Waals surface area contributed by atoms with Crippen LogP contribution in [0.15, 0.2) is 29.7 Å². The molecular weight excluding hydrogens is 333 g/mol. The highest BCUT2D eigenvalue weighted by atomic mass is 35.5. The van der Waals surface area contributed by atoms with Gasteiger partial charge in [0.25, 0.3) is 0 Å². The topological polar surface area (TPSA) is 57.0 Å². The predicted octanol–water partition coefficient (Wildman–Crippen LogP) is 3.62. The lowest BCUT2D eigenvalue weighted by Crippen LogP contribution is -2.16. The van der Waals surface area contributed by atoms with Crippen LogP contribution >= 0.6 is 35.0 Å². The minimum atomic E-state index is -0.366. The van der Waals surface area contributed by atoms with Crippen LogP contribution in [0.2, 0.25) is 10.0 Å². The number of hydrogen-bond acceptors (Lipinski definition) is 5. The summed E-state index contributed by atoms with van der Waals surface area (Å²) in [5.41, 5.74) is 0.743. The van der Waals surface area contributed by atoms with Crippen molar-refractivity contribution in [3.8, 4) is 5.69 Å². The quantitative estimate of drug-likeness (QED) is 0.611. The Labute approximate surface area is 136 Å². The number of carbonyl (C=O) groups is 1. The van der Waals surface area contributed by atoms with Crippen LogP contribution in [-0.4, -0.2) is 32.6 Å². The lowest BCUT2D eigenvalue weighted by molar-refractivity contribution is -0.142. The molecule has 0 aliphatic carbocycles. The minimum absolute atomic E-state index is 0.284. The average Bonchev–Trinajstić information content (AvgIpc) is 2.90. The van der Waals surface area contributed by atoms with Crippen molar-refractivity contribution < 1.29 is 9.53 Å². The van der Waals surface area contributed by atoms with Gasteiger partial charge in [-0.3, -0.25) is 4.79 Å². The van der Waals surface area contributed by atoms with Gasteiger partial charge >= 0.3 is 5.97 Å². The third kappa shape index (κ3) is 4.12. The molecule has 1 atom stereocenters. The van der Waals surface area contributed by atoms with Gasteiger partial charge in [-0.05, 0) is 32.0 Å². The number of hydrogen-bond donors (Lipinski definition) is 0. The van der Waals surface area contributed by atoms with Crippen LogP contribution in [0.1, 0.15) is 13.8 Å². The highest BCUT2D eigenvalue weighted by Crippen LogP contribution is 2.25. The van der Waals surface area contributed by atoms with Crippen LogP contribution in [0.3, 0.4) is 0 Å². The number of aromatic nitrogens is 3. The second kappa shape index (κ2) is 7.15. The fraction of sp³-hybridized carbons (Fsp3) is 0.308. The normalized spacial score (nSPS) is 12.2. The van der Waals surface area contributed by atoms with E-state index in [1.807, 2.05) is 0 Å². The van der Waals surface area contributed by atoms with E-state index in [2.05, 4.69) is 10.1 Å². The first-order chi connectivity index (χ1) is 10.0. The summed E-state index contributed by atoms with van der Waals surface area (Å²) in [6, 6.07) is 5.17. The maximum atomic E-state index is 11.6. The van der Waals surface area contributed by atoms with Crippen LogP contribution in [0, 0.1) is 0 Å². The van der Waals surface area contributed by atoms with Crippen LogP contribution in [-0.2, 0) is 9.53 Å². The zero-order chi connectivity index (χ0) is 15.4. The fourth-order valence-electron chi connectivity index (χ4n) is 1.52. The van der Waals surface area contributed by atoms with E-state index in [1.54, 1.807) is 43.1 Å². The molecule has 0 aliphatic heterocycles. The van der Waals surface area contributed by atoms with Gasteiger partial charge in [0.2, 0.25) is 5.16 Å². The molecule has 8 heteroatoms. The van der Waals surface area contributed by atoms with Gasteiger partial charge < -0.3 is 4.74 Å². The van der Waals surface area contributed by atoms with Gasteiger partial charge in [-0.1, -0.05) is 35.0 Å². The van der Waals surface area contributed by atoms with E-state index in [1.165, 1.54) is 11.8 Å². The van der Waals surface area contributed by atoms with E-state index in [0.29, 0.717) is 21.8 Å². The van der Waals surface area contributed by atoms with Crippen molar-refractivity contribution in [3.63, 3.8) is 0 Å². The van der Waals surface area contributed by atoms with Gasteiger partial charge in [-0.15, -0.1) is 5.10 Å². The van der Waals surface area contributed by atoms with Gasteiger partial charge in [0, 0.05) is 0 Å². The van der Waals surface area contributed by atoms with Crippen molar-refractivity contribution in [1.82, 2.24) is 14.8 Å². The third-order valence-corrected chi connectivity index (χ3v) is 4.22. The molecule has 0 spiro atoms. The molecule has 0 fully saturated rings. The molecule has 1 aromatic heterocycles. The van der Waals surface area contributed by atoms with E-state index >= 15 is 0 Å². The molecule has 0 bridgehead atoms. The molecule has 0 amide bonds. The second-order valence-electron chi connectivity index (χ2n) is 4.08. The number of benzene rings is 1. The van der Waals surface area contributed by atoms with Crippen molar-refractivity contribution in [3.05, 3.63) is 34.6 Å². The molecule has 2 rings (SSSR count). The monoisotopic (exact) mass is 345 g/mol. The molecule has 0 N–H and O–H groups in total. The Morgan fingerprint density at radius 1 is 1.43 bits per heavy atom. The first-order valence-corrected chi connectivity index (χ1v) is 7.85. The van der Waals surface area contributed by atoms with E-state index in [-0.39, 0.29) is 11.2 Å². The summed E-state index contributed by atoms with van der Waals surface area (Å²) in [6.07, 6.45) is 1.56. The number of ether oxygens (including phenoxy) is 1. The summed E-state index contributed by atoms with van der Waals surface area (Å²) in [5, 5.41) is 5.34. The zero-order valence-corrected chi connectivity index (χ0v) is 13.7. The molecule has 1 unspecified atom stereocenters. The van der Waals surface area contributed by atoms with Gasteiger partial charge in [0.05, 0.1) is 22.3 Å². The summed E-state index contributed by atoms with van der Waals surface area (Å²) in [4.78, 5) is 15.7. The smallest absolute Gasteiger partial charge is 0.319 e. The molecule has 0 saturated heterocycles. The highest BCUT2D eigenvalue weighted by molar-refractivity contribution is 8.00. The van der Waals surface area contributed by atoms with Gasteiger partial charge in [-0.2, -0.15) is 0 Å². The van der Waals surface area contributed by atoms with Crippen molar-refractivity contribution in [1.29, 1.82) is 0 Å². The number of rotatable bonds is 5. The number of esters is 1. The Bertz CT molecular complexity index is 648. The number of carbonyl (C=O) groups excluding carboxylic acids is 1. The van der Waals surface area contributed by atoms with Gasteiger partial charge in [-0.25, -0.2) is 9.67 Å². The lowest BCUT2D eigenvalue weighted by Gasteiger charge is -2.07. The standard InChI is InChI=1S/C13H13Cl2N3O2S/c1-3-20-12(19)8(2)21-13-16-7-18(17-13)9-4-5-10(14)11(15)6-9/h4-8H,3H2,1-2H3. The Balaban J connectivity index is 2.10. The summed E-state index contributed by atoms with van der Waals surface area (Å²) in [6.45, 7) is 3.88. The Morgan fingerprint density at radius 3 is 2.86 bits per heavy atom. The van der Waals surface area contributed by atoms with Crippen LogP contribution in [0.4, 0.5) is 0 Å². The van der Waals surface area contributed by atoms with E-state index in [0.717, 1.165) is 5.69 Å². The summed E-state index contributed by atoms with van der Waals surface area (Å²) >= 11 is 13.1. The summed E-state index contributed by atoms with van der Waals surface area (Å²) < 4.78 is 6.51. The average molecular weight is 346 g/mol. The molecule has 2 aromatic rings. The van der Waals surface area contributed by atoms with Crippen molar-refractivity contribution >= 4 is 40.9 Å². The van der Waals surface area contributed by atoms with Crippen molar-refractivity contribution in [2.75, 3.05) is 6.61 Å². The Hall–Kier alpha value is -1.24. The number of nitrogens with zero attached hydrogens (tertiary/aromatic N) is 3. The van der Waals surface area contributed by atoms with E-state index in [9.17, 15) is 4.79 Å². The zero-order valence-electron chi connectivity index (χ0n) is 11.4. The van der Waals surface area contributed by atoms with Crippen LogP contribution in [0.25, 0.3) is 5.69 Å². The van der Waals surface area contributed by atoms with E-state index in [4.69, 9.17) is 27.9 Å². The van der Waals surface area contributed by atoms with Crippen molar-refractivity contribution in [2.24, 2.45) is 0 Å². The highest BCUT2D eigenvalue weighted by Gasteiger charge is 2.18. The second-order valence-corrected chi connectivity index (χ2v) is 6.20. The van der Waals surface area contributed by atoms with Crippen LogP contribution < -0.4 is 0 Å². The molecule has 112 valence electrons. The molecule has 1 heterocycles. The molecular formula is C13H13Cl2N3O2S. The molecule has 21 heavy (non-hydrogen) atoms. The summed E-state index contributed by atoms with van der Waals surface area (Å²) in [5.74, 6) is -0.284. The molecule has 5 nitrogen and oxygen atoms in total. The maximum absolute atomic E-state index is 11.6. The molecule has 0 aliphatic rings. The Kier molecular flexibility index (Phi) is 5.50. The Morgan fingerprint density at radius 2 is 2.19 bits per heavy atom. The third-order valence-electron chi connectivity index (χ3n) is 2.54. The maximum Gasteiger partial charge on any atom is 0.319 e. The lowest BCUT2D eigenvalue weighted by atomic mass is 10.3. The van der Waals surface area contributed by atoms with Crippen molar-refractivity contribution in [2.45, 2.75) is 24.3 Å². The first kappa shape index (κ1) is 16.1. The molecule has 0 saturated carbocycles. The predicted molar refractivity (Wildman–Crippen MR) is 83.3 cm³/mol. The largest absolute Gasteiger partial charge is 0.465 e. The first-order valence-electron chi connectivity index (χ1n) is 6.21.